The fourth-order valence-electron chi connectivity index (χ4n) is 2.29. The summed E-state index contributed by atoms with van der Waals surface area (Å²) in [5, 5.41) is 25.1. The molecule has 0 amide bonds. The molecule has 0 saturated carbocycles. The predicted molar refractivity (Wildman–Crippen MR) is 93.0 cm³/mol. The van der Waals surface area contributed by atoms with Gasteiger partial charge in [0.2, 0.25) is 0 Å². The van der Waals surface area contributed by atoms with Crippen LogP contribution >= 0.6 is 0 Å². The van der Waals surface area contributed by atoms with E-state index in [1.165, 1.54) is 24.0 Å². The minimum atomic E-state index is -4.46. The van der Waals surface area contributed by atoms with Gasteiger partial charge in [0.05, 0.1) is 17.0 Å². The molecule has 0 radical (unpaired) electrons. The standard InChI is InChI=1S/C11H8F3N3O2.C6H8N2O2/c1-6-8(10(18)19)5-17(16-6)9-3-2-7(4-15-9)11(12,13)14;1-4-5(6(9)10)3-8(2)7-4/h2-5H,1H3,(H,18,19);3H,1-2H3,(H,9,10). The fraction of sp³-hybridized carbons (Fsp3) is 0.235. The lowest BCUT2D eigenvalue weighted by atomic mass is 10.3. The van der Waals surface area contributed by atoms with Crippen molar-refractivity contribution in [2.45, 2.75) is 20.0 Å². The van der Waals surface area contributed by atoms with Crippen LogP contribution in [-0.4, -0.2) is 46.7 Å². The van der Waals surface area contributed by atoms with Gasteiger partial charge in [-0.3, -0.25) is 4.68 Å². The highest BCUT2D eigenvalue weighted by Crippen LogP contribution is 2.28. The molecule has 154 valence electrons. The van der Waals surface area contributed by atoms with Gasteiger partial charge in [-0.05, 0) is 26.0 Å². The number of hydrogen-bond acceptors (Lipinski definition) is 5. The van der Waals surface area contributed by atoms with Crippen LogP contribution in [0.15, 0.2) is 30.7 Å². The molecule has 9 nitrogen and oxygen atoms in total. The SMILES string of the molecule is Cc1nn(-c2ccc(C(F)(F)F)cn2)cc1C(=O)O.Cc1nn(C)cc1C(=O)O. The normalized spacial score (nSPS) is 11.0. The Hall–Kier alpha value is -3.70. The highest BCUT2D eigenvalue weighted by atomic mass is 19.4. The van der Waals surface area contributed by atoms with Crippen LogP contribution in [0.4, 0.5) is 13.2 Å². The molecule has 0 spiro atoms. The molecule has 0 atom stereocenters. The lowest BCUT2D eigenvalue weighted by Crippen LogP contribution is -2.07. The summed E-state index contributed by atoms with van der Waals surface area (Å²) in [6, 6.07) is 1.99. The van der Waals surface area contributed by atoms with Crippen molar-refractivity contribution >= 4 is 11.9 Å². The van der Waals surface area contributed by atoms with Crippen molar-refractivity contribution in [1.82, 2.24) is 24.5 Å². The Bertz CT molecular complexity index is 1040. The average molecular weight is 411 g/mol. The van der Waals surface area contributed by atoms with Crippen molar-refractivity contribution in [3.05, 3.63) is 58.8 Å². The Kier molecular flexibility index (Phi) is 6.05. The molecule has 3 aromatic heterocycles. The second-order valence-corrected chi connectivity index (χ2v) is 5.89. The molecule has 0 bridgehead atoms. The monoisotopic (exact) mass is 411 g/mol. The molecule has 0 aliphatic heterocycles. The van der Waals surface area contributed by atoms with Crippen molar-refractivity contribution in [1.29, 1.82) is 0 Å². The predicted octanol–water partition coefficient (Wildman–Crippen LogP) is 2.72. The lowest BCUT2D eigenvalue weighted by Gasteiger charge is -2.06. The number of aromatic carboxylic acids is 2. The Balaban J connectivity index is 0.000000253. The van der Waals surface area contributed by atoms with Crippen LogP contribution in [0.1, 0.15) is 37.7 Å². The maximum Gasteiger partial charge on any atom is 0.417 e. The topological polar surface area (TPSA) is 123 Å². The van der Waals surface area contributed by atoms with E-state index in [4.69, 9.17) is 10.2 Å². The second kappa shape index (κ2) is 8.12. The highest BCUT2D eigenvalue weighted by molar-refractivity contribution is 5.88. The van der Waals surface area contributed by atoms with E-state index in [1.54, 1.807) is 14.0 Å². The van der Waals surface area contributed by atoms with Gasteiger partial charge in [-0.15, -0.1) is 0 Å². The number of carbonyl (C=O) groups is 2. The molecule has 0 aliphatic carbocycles. The summed E-state index contributed by atoms with van der Waals surface area (Å²) in [5.74, 6) is -1.97. The molecular formula is C17H16F3N5O4. The van der Waals surface area contributed by atoms with Crippen LogP contribution in [0.25, 0.3) is 5.82 Å². The van der Waals surface area contributed by atoms with E-state index in [2.05, 4.69) is 15.2 Å². The van der Waals surface area contributed by atoms with Crippen molar-refractivity contribution in [2.75, 3.05) is 0 Å². The number of halogens is 3. The number of rotatable bonds is 3. The van der Waals surface area contributed by atoms with Gasteiger partial charge in [-0.1, -0.05) is 0 Å². The number of aryl methyl sites for hydroxylation is 3. The first-order valence-corrected chi connectivity index (χ1v) is 7.97. The summed E-state index contributed by atoms with van der Waals surface area (Å²) >= 11 is 0. The van der Waals surface area contributed by atoms with Gasteiger partial charge >= 0.3 is 18.1 Å². The molecule has 0 fully saturated rings. The highest BCUT2D eigenvalue weighted by Gasteiger charge is 2.30. The number of carboxylic acids is 2. The third-order valence-electron chi connectivity index (χ3n) is 3.68. The van der Waals surface area contributed by atoms with Gasteiger partial charge in [-0.25, -0.2) is 19.3 Å². The largest absolute Gasteiger partial charge is 0.478 e. The number of hydrogen-bond donors (Lipinski definition) is 2. The quantitative estimate of drug-likeness (QED) is 0.679. The smallest absolute Gasteiger partial charge is 0.417 e. The zero-order chi connectivity index (χ0) is 21.9. The van der Waals surface area contributed by atoms with E-state index in [9.17, 15) is 22.8 Å². The Morgan fingerprint density at radius 3 is 1.86 bits per heavy atom. The number of nitrogens with zero attached hydrogens (tertiary/aromatic N) is 5. The van der Waals surface area contributed by atoms with Gasteiger partial charge in [0.15, 0.2) is 5.82 Å². The van der Waals surface area contributed by atoms with Crippen molar-refractivity contribution in [2.24, 2.45) is 7.05 Å². The zero-order valence-electron chi connectivity index (χ0n) is 15.5. The van der Waals surface area contributed by atoms with Crippen LogP contribution in [0, 0.1) is 13.8 Å². The van der Waals surface area contributed by atoms with Gasteiger partial charge in [0.25, 0.3) is 0 Å². The first-order chi connectivity index (χ1) is 13.4. The molecule has 0 saturated heterocycles. The summed E-state index contributed by atoms with van der Waals surface area (Å²) in [6.07, 6.45) is -1.10. The maximum atomic E-state index is 12.4. The van der Waals surface area contributed by atoms with E-state index >= 15 is 0 Å². The molecular weight excluding hydrogens is 395 g/mol. The molecule has 3 rings (SSSR count). The van der Waals surface area contributed by atoms with E-state index in [0.717, 1.165) is 16.8 Å². The molecule has 0 aliphatic rings. The van der Waals surface area contributed by atoms with Crippen molar-refractivity contribution in [3.63, 3.8) is 0 Å². The maximum absolute atomic E-state index is 12.4. The van der Waals surface area contributed by atoms with E-state index in [-0.39, 0.29) is 22.6 Å². The summed E-state index contributed by atoms with van der Waals surface area (Å²) in [7, 11) is 1.69. The molecule has 12 heteroatoms. The number of aromatic nitrogens is 5. The van der Waals surface area contributed by atoms with Crippen LogP contribution < -0.4 is 0 Å². The Morgan fingerprint density at radius 2 is 1.52 bits per heavy atom. The third kappa shape index (κ3) is 5.18. The van der Waals surface area contributed by atoms with Gasteiger partial charge in [0, 0.05) is 25.6 Å². The van der Waals surface area contributed by atoms with Crippen LogP contribution in [0.2, 0.25) is 0 Å². The molecule has 0 unspecified atom stereocenters. The van der Waals surface area contributed by atoms with E-state index in [1.807, 2.05) is 0 Å². The second-order valence-electron chi connectivity index (χ2n) is 5.89. The minimum Gasteiger partial charge on any atom is -0.478 e. The summed E-state index contributed by atoms with van der Waals surface area (Å²) < 4.78 is 39.7. The summed E-state index contributed by atoms with van der Waals surface area (Å²) in [4.78, 5) is 24.8. The number of pyridine rings is 1. The number of carboxylic acid groups (broad SMARTS) is 2. The molecule has 0 aromatic carbocycles. The van der Waals surface area contributed by atoms with Crippen LogP contribution in [0.5, 0.6) is 0 Å². The fourth-order valence-corrected chi connectivity index (χ4v) is 2.29. The lowest BCUT2D eigenvalue weighted by molar-refractivity contribution is -0.137. The van der Waals surface area contributed by atoms with Crippen molar-refractivity contribution in [3.8, 4) is 5.82 Å². The van der Waals surface area contributed by atoms with E-state index in [0.29, 0.717) is 11.9 Å². The average Bonchev–Trinajstić information content (AvgIpc) is 3.17. The molecule has 3 heterocycles. The molecule has 29 heavy (non-hydrogen) atoms. The van der Waals surface area contributed by atoms with Crippen molar-refractivity contribution < 1.29 is 33.0 Å². The summed E-state index contributed by atoms with van der Waals surface area (Å²) in [5.41, 5.74) is 0.173. The Morgan fingerprint density at radius 1 is 0.966 bits per heavy atom. The first kappa shape index (κ1) is 21.6. The summed E-state index contributed by atoms with van der Waals surface area (Å²) in [6.45, 7) is 3.16. The molecule has 2 N–H and O–H groups in total. The third-order valence-corrected chi connectivity index (χ3v) is 3.68. The minimum absolute atomic E-state index is 0.0262. The van der Waals surface area contributed by atoms with Gasteiger partial charge in [0.1, 0.15) is 11.1 Å². The zero-order valence-corrected chi connectivity index (χ0v) is 15.5. The van der Waals surface area contributed by atoms with E-state index < -0.39 is 23.7 Å². The number of alkyl halides is 3. The molecule has 3 aromatic rings. The first-order valence-electron chi connectivity index (χ1n) is 7.97. The van der Waals surface area contributed by atoms with Crippen LogP contribution in [0.3, 0.4) is 0 Å². The Labute approximate surface area is 162 Å². The van der Waals surface area contributed by atoms with Crippen LogP contribution in [-0.2, 0) is 13.2 Å². The van der Waals surface area contributed by atoms with Gasteiger partial charge < -0.3 is 10.2 Å². The van der Waals surface area contributed by atoms with Gasteiger partial charge in [-0.2, -0.15) is 23.4 Å².